The van der Waals surface area contributed by atoms with Gasteiger partial charge in [0.15, 0.2) is 5.78 Å². The largest absolute Gasteiger partial charge is 0.390 e. The lowest BCUT2D eigenvalue weighted by Gasteiger charge is -2.31. The van der Waals surface area contributed by atoms with Gasteiger partial charge in [-0.15, -0.1) is 0 Å². The van der Waals surface area contributed by atoms with Gasteiger partial charge in [0.05, 0.1) is 6.10 Å². The quantitative estimate of drug-likeness (QED) is 0.690. The van der Waals surface area contributed by atoms with Gasteiger partial charge >= 0.3 is 0 Å². The molecule has 1 atom stereocenters. The van der Waals surface area contributed by atoms with E-state index in [4.69, 9.17) is 0 Å². The van der Waals surface area contributed by atoms with Gasteiger partial charge in [0, 0.05) is 24.3 Å². The SMILES string of the molecule is CC(=O)c1c(C)[nH]c(C(=O)NCC(O)CN2CCC(C)CC2)c1C. The van der Waals surface area contributed by atoms with Crippen molar-refractivity contribution in [2.45, 2.75) is 46.6 Å². The zero-order valence-corrected chi connectivity index (χ0v) is 15.1. The molecule has 0 bridgehead atoms. The van der Waals surface area contributed by atoms with Crippen molar-refractivity contribution in [3.05, 3.63) is 22.5 Å². The molecule has 24 heavy (non-hydrogen) atoms. The number of β-amino-alcohol motifs (C(OH)–C–C–N with tert-alkyl or cyclic N) is 1. The minimum atomic E-state index is -0.592. The topological polar surface area (TPSA) is 85.4 Å². The summed E-state index contributed by atoms with van der Waals surface area (Å²) >= 11 is 0. The van der Waals surface area contributed by atoms with Gasteiger partial charge < -0.3 is 20.3 Å². The standard InChI is InChI=1S/C18H29N3O3/c1-11-5-7-21(8-6-11)10-15(23)9-19-18(24)17-12(2)16(14(4)22)13(3)20-17/h11,15,20,23H,5-10H2,1-4H3,(H,19,24). The second-order valence-corrected chi connectivity index (χ2v) is 7.03. The number of amides is 1. The molecule has 6 nitrogen and oxygen atoms in total. The molecule has 2 heterocycles. The number of ketones is 1. The molecule has 1 aliphatic rings. The van der Waals surface area contributed by atoms with Crippen LogP contribution in [0.1, 0.15) is 58.8 Å². The Bertz CT molecular complexity index is 601. The van der Waals surface area contributed by atoms with Crippen LogP contribution in [0.25, 0.3) is 0 Å². The minimum absolute atomic E-state index is 0.0559. The van der Waals surface area contributed by atoms with Crippen molar-refractivity contribution in [3.63, 3.8) is 0 Å². The lowest BCUT2D eigenvalue weighted by molar-refractivity contribution is 0.0792. The molecule has 0 aliphatic carbocycles. The molecule has 1 aromatic heterocycles. The van der Waals surface area contributed by atoms with E-state index in [-0.39, 0.29) is 18.2 Å². The lowest BCUT2D eigenvalue weighted by atomic mass is 9.99. The van der Waals surface area contributed by atoms with Crippen LogP contribution < -0.4 is 5.32 Å². The number of carbonyl (C=O) groups is 2. The van der Waals surface area contributed by atoms with Crippen molar-refractivity contribution in [1.29, 1.82) is 0 Å². The molecular formula is C18H29N3O3. The molecule has 1 fully saturated rings. The Morgan fingerprint density at radius 1 is 1.33 bits per heavy atom. The summed E-state index contributed by atoms with van der Waals surface area (Å²) in [6.07, 6.45) is 1.73. The smallest absolute Gasteiger partial charge is 0.268 e. The van der Waals surface area contributed by atoms with Gasteiger partial charge in [-0.05, 0) is 58.2 Å². The zero-order chi connectivity index (χ0) is 17.9. The van der Waals surface area contributed by atoms with Gasteiger partial charge in [-0.2, -0.15) is 0 Å². The average molecular weight is 335 g/mol. The first-order chi connectivity index (χ1) is 11.3. The predicted octanol–water partition coefficient (Wildman–Crippen LogP) is 1.66. The predicted molar refractivity (Wildman–Crippen MR) is 93.4 cm³/mol. The Morgan fingerprint density at radius 2 is 1.96 bits per heavy atom. The van der Waals surface area contributed by atoms with E-state index in [0.29, 0.717) is 29.1 Å². The fraction of sp³-hybridized carbons (Fsp3) is 0.667. The van der Waals surface area contributed by atoms with E-state index < -0.39 is 6.10 Å². The first kappa shape index (κ1) is 18.7. The minimum Gasteiger partial charge on any atom is -0.390 e. The summed E-state index contributed by atoms with van der Waals surface area (Å²) in [5.74, 6) is 0.418. The molecule has 2 rings (SSSR count). The molecule has 0 radical (unpaired) electrons. The van der Waals surface area contributed by atoms with Crippen LogP contribution >= 0.6 is 0 Å². The van der Waals surface area contributed by atoms with Gasteiger partial charge in [-0.3, -0.25) is 9.59 Å². The number of rotatable bonds is 6. The van der Waals surface area contributed by atoms with E-state index in [1.807, 2.05) is 0 Å². The number of aliphatic hydroxyl groups excluding tert-OH is 1. The van der Waals surface area contributed by atoms with Crippen LogP contribution in [0.2, 0.25) is 0 Å². The van der Waals surface area contributed by atoms with E-state index in [9.17, 15) is 14.7 Å². The molecule has 134 valence electrons. The number of nitrogens with one attached hydrogen (secondary N) is 2. The van der Waals surface area contributed by atoms with E-state index in [0.717, 1.165) is 31.8 Å². The van der Waals surface area contributed by atoms with Crippen molar-refractivity contribution < 1.29 is 14.7 Å². The van der Waals surface area contributed by atoms with Crippen molar-refractivity contribution in [1.82, 2.24) is 15.2 Å². The Morgan fingerprint density at radius 3 is 2.50 bits per heavy atom. The molecule has 1 aliphatic heterocycles. The number of aliphatic hydroxyl groups is 1. The Kier molecular flexibility index (Phi) is 6.18. The van der Waals surface area contributed by atoms with Gasteiger partial charge in [-0.1, -0.05) is 6.92 Å². The second kappa shape index (κ2) is 7.94. The number of aromatic nitrogens is 1. The lowest BCUT2D eigenvalue weighted by Crippen LogP contribution is -2.43. The summed E-state index contributed by atoms with van der Waals surface area (Å²) < 4.78 is 0. The van der Waals surface area contributed by atoms with Crippen LogP contribution in [0.3, 0.4) is 0 Å². The number of carbonyl (C=O) groups excluding carboxylic acids is 2. The van der Waals surface area contributed by atoms with Crippen molar-refractivity contribution in [2.24, 2.45) is 5.92 Å². The van der Waals surface area contributed by atoms with E-state index >= 15 is 0 Å². The van der Waals surface area contributed by atoms with E-state index in [1.54, 1.807) is 13.8 Å². The fourth-order valence-corrected chi connectivity index (χ4v) is 3.41. The first-order valence-electron chi connectivity index (χ1n) is 8.68. The number of nitrogens with zero attached hydrogens (tertiary/aromatic N) is 1. The van der Waals surface area contributed by atoms with Crippen LogP contribution in [0.15, 0.2) is 0 Å². The van der Waals surface area contributed by atoms with Crippen LogP contribution in [0.4, 0.5) is 0 Å². The van der Waals surface area contributed by atoms with Crippen LogP contribution in [-0.4, -0.2) is 59.0 Å². The van der Waals surface area contributed by atoms with Crippen molar-refractivity contribution in [3.8, 4) is 0 Å². The third kappa shape index (κ3) is 4.45. The molecule has 0 aromatic carbocycles. The second-order valence-electron chi connectivity index (χ2n) is 7.03. The Balaban J connectivity index is 1.87. The number of likely N-dealkylation sites (tertiary alicyclic amines) is 1. The summed E-state index contributed by atoms with van der Waals surface area (Å²) in [6.45, 7) is 10.1. The maximum absolute atomic E-state index is 12.3. The summed E-state index contributed by atoms with van der Waals surface area (Å²) in [4.78, 5) is 29.2. The highest BCUT2D eigenvalue weighted by atomic mass is 16.3. The maximum atomic E-state index is 12.3. The highest BCUT2D eigenvalue weighted by molar-refractivity contribution is 6.02. The molecule has 1 saturated heterocycles. The third-order valence-corrected chi connectivity index (χ3v) is 4.86. The number of H-pyrrole nitrogens is 1. The number of Topliss-reactive ketones (excluding diaryl/α,β-unsaturated/α-hetero) is 1. The van der Waals surface area contributed by atoms with Gasteiger partial charge in [0.1, 0.15) is 5.69 Å². The Labute approximate surface area is 143 Å². The molecule has 3 N–H and O–H groups in total. The van der Waals surface area contributed by atoms with E-state index in [2.05, 4.69) is 22.1 Å². The summed E-state index contributed by atoms with van der Waals surface area (Å²) in [5, 5.41) is 12.9. The molecule has 1 aromatic rings. The maximum Gasteiger partial charge on any atom is 0.268 e. The summed E-state index contributed by atoms with van der Waals surface area (Å²) in [7, 11) is 0. The van der Waals surface area contributed by atoms with Gasteiger partial charge in [0.25, 0.3) is 5.91 Å². The number of piperidine rings is 1. The summed E-state index contributed by atoms with van der Waals surface area (Å²) in [5.41, 5.74) is 2.34. The highest BCUT2D eigenvalue weighted by Gasteiger charge is 2.21. The molecule has 6 heteroatoms. The van der Waals surface area contributed by atoms with E-state index in [1.165, 1.54) is 6.92 Å². The fourth-order valence-electron chi connectivity index (χ4n) is 3.41. The molecule has 1 amide bonds. The average Bonchev–Trinajstić information content (AvgIpc) is 2.82. The monoisotopic (exact) mass is 335 g/mol. The third-order valence-electron chi connectivity index (χ3n) is 4.86. The normalized spacial score (nSPS) is 17.7. The number of hydrogen-bond donors (Lipinski definition) is 3. The van der Waals surface area contributed by atoms with Crippen LogP contribution in [0, 0.1) is 19.8 Å². The summed E-state index contributed by atoms with van der Waals surface area (Å²) in [6, 6.07) is 0. The van der Waals surface area contributed by atoms with Crippen LogP contribution in [-0.2, 0) is 0 Å². The van der Waals surface area contributed by atoms with Gasteiger partial charge in [-0.25, -0.2) is 0 Å². The molecule has 0 spiro atoms. The Hall–Kier alpha value is -1.66. The first-order valence-corrected chi connectivity index (χ1v) is 8.68. The number of hydrogen-bond acceptors (Lipinski definition) is 4. The van der Waals surface area contributed by atoms with Crippen molar-refractivity contribution in [2.75, 3.05) is 26.2 Å². The molecule has 1 unspecified atom stereocenters. The van der Waals surface area contributed by atoms with Crippen molar-refractivity contribution >= 4 is 11.7 Å². The molecular weight excluding hydrogens is 306 g/mol. The number of aryl methyl sites for hydroxylation is 1. The zero-order valence-electron chi connectivity index (χ0n) is 15.1. The molecule has 0 saturated carbocycles. The van der Waals surface area contributed by atoms with Gasteiger partial charge in [0.2, 0.25) is 0 Å². The van der Waals surface area contributed by atoms with Crippen LogP contribution in [0.5, 0.6) is 0 Å². The number of aromatic amines is 1. The highest BCUT2D eigenvalue weighted by Crippen LogP contribution is 2.18.